The molecule has 0 radical (unpaired) electrons. The molecule has 0 amide bonds. The number of aromatic carboxylic acids is 1. The summed E-state index contributed by atoms with van der Waals surface area (Å²) in [5.41, 5.74) is 2.43. The summed E-state index contributed by atoms with van der Waals surface area (Å²) in [5, 5.41) is 12.4. The van der Waals surface area contributed by atoms with Gasteiger partial charge < -0.3 is 10.4 Å². The molecule has 0 fully saturated rings. The molecule has 1 rings (SSSR count). The van der Waals surface area contributed by atoms with Gasteiger partial charge in [-0.15, -0.1) is 0 Å². The molecule has 0 aliphatic heterocycles. The van der Waals surface area contributed by atoms with Gasteiger partial charge in [-0.05, 0) is 36.2 Å². The minimum Gasteiger partial charge on any atom is -0.478 e. The van der Waals surface area contributed by atoms with E-state index in [1.165, 1.54) is 89.9 Å². The van der Waals surface area contributed by atoms with E-state index in [0.717, 1.165) is 17.8 Å². The maximum absolute atomic E-state index is 10.9. The molecule has 0 saturated heterocycles. The summed E-state index contributed by atoms with van der Waals surface area (Å²) in [6.45, 7) is 10.6. The molecule has 1 atom stereocenters. The number of benzene rings is 1. The van der Waals surface area contributed by atoms with Crippen molar-refractivity contribution < 1.29 is 9.90 Å². The Balaban J connectivity index is 2.18. The normalized spacial score (nSPS) is 12.6. The van der Waals surface area contributed by atoms with Crippen molar-refractivity contribution in [1.82, 2.24) is 0 Å². The van der Waals surface area contributed by atoms with Gasteiger partial charge >= 0.3 is 5.97 Å². The van der Waals surface area contributed by atoms with E-state index in [4.69, 9.17) is 5.11 Å². The van der Waals surface area contributed by atoms with Gasteiger partial charge in [-0.3, -0.25) is 0 Å². The van der Waals surface area contributed by atoms with Gasteiger partial charge in [0, 0.05) is 12.2 Å². The SMILES string of the molecule is CCCC(CCCCCCCCCCNc1ccc(C(=O)O)cc1)[Si](CCC)(CCC)CCC. The predicted molar refractivity (Wildman–Crippen MR) is 153 cm³/mol. The van der Waals surface area contributed by atoms with Gasteiger partial charge in [-0.1, -0.05) is 129 Å². The van der Waals surface area contributed by atoms with E-state index in [0.29, 0.717) is 5.56 Å². The fourth-order valence-electron chi connectivity index (χ4n) is 6.13. The average Bonchev–Trinajstić information content (AvgIpc) is 2.82. The lowest BCUT2D eigenvalue weighted by Crippen LogP contribution is -2.39. The number of anilines is 1. The van der Waals surface area contributed by atoms with Crippen molar-refractivity contribution in [2.24, 2.45) is 0 Å². The van der Waals surface area contributed by atoms with Crippen LogP contribution in [-0.4, -0.2) is 25.7 Å². The molecule has 196 valence electrons. The van der Waals surface area contributed by atoms with Crippen LogP contribution in [0.3, 0.4) is 0 Å². The van der Waals surface area contributed by atoms with Crippen LogP contribution in [0.15, 0.2) is 24.3 Å². The van der Waals surface area contributed by atoms with Gasteiger partial charge in [0.15, 0.2) is 0 Å². The molecule has 34 heavy (non-hydrogen) atoms. The fourth-order valence-corrected chi connectivity index (χ4v) is 12.8. The Morgan fingerprint density at radius 1 is 0.735 bits per heavy atom. The molecule has 0 aliphatic carbocycles. The Morgan fingerprint density at radius 2 is 1.24 bits per heavy atom. The third kappa shape index (κ3) is 11.9. The molecule has 2 N–H and O–H groups in total. The van der Waals surface area contributed by atoms with Crippen molar-refractivity contribution >= 4 is 19.7 Å². The quantitative estimate of drug-likeness (QED) is 0.126. The smallest absolute Gasteiger partial charge is 0.335 e. The van der Waals surface area contributed by atoms with Crippen LogP contribution in [0.4, 0.5) is 5.69 Å². The first-order valence-corrected chi connectivity index (χ1v) is 17.3. The van der Waals surface area contributed by atoms with Crippen LogP contribution in [0.25, 0.3) is 0 Å². The zero-order valence-electron chi connectivity index (χ0n) is 23.0. The first-order valence-electron chi connectivity index (χ1n) is 14.6. The number of carboxylic acid groups (broad SMARTS) is 1. The van der Waals surface area contributed by atoms with Crippen LogP contribution in [0.5, 0.6) is 0 Å². The number of nitrogens with one attached hydrogen (secondary N) is 1. The monoisotopic (exact) mass is 489 g/mol. The molecule has 0 saturated carbocycles. The van der Waals surface area contributed by atoms with Gasteiger partial charge in [0.2, 0.25) is 0 Å². The summed E-state index contributed by atoms with van der Waals surface area (Å²) in [6.07, 6.45) is 19.4. The Labute approximate surface area is 212 Å². The van der Waals surface area contributed by atoms with Gasteiger partial charge in [0.1, 0.15) is 0 Å². The second kappa shape index (κ2) is 19.0. The molecule has 0 heterocycles. The molecule has 4 heteroatoms. The second-order valence-electron chi connectivity index (χ2n) is 10.5. The van der Waals surface area contributed by atoms with E-state index >= 15 is 0 Å². The highest BCUT2D eigenvalue weighted by molar-refractivity contribution is 6.81. The third-order valence-corrected chi connectivity index (χ3v) is 14.5. The summed E-state index contributed by atoms with van der Waals surface area (Å²) in [4.78, 5) is 10.9. The Kier molecular flexibility index (Phi) is 17.1. The van der Waals surface area contributed by atoms with Crippen molar-refractivity contribution in [2.45, 2.75) is 141 Å². The molecular formula is C30H55NO2Si. The number of carbonyl (C=O) groups is 1. The molecule has 0 aliphatic rings. The van der Waals surface area contributed by atoms with E-state index in [1.54, 1.807) is 30.3 Å². The van der Waals surface area contributed by atoms with Crippen molar-refractivity contribution in [3.63, 3.8) is 0 Å². The minimum absolute atomic E-state index is 0.343. The van der Waals surface area contributed by atoms with Crippen LogP contribution in [0.2, 0.25) is 23.7 Å². The minimum atomic E-state index is -1.10. The van der Waals surface area contributed by atoms with Gasteiger partial charge in [0.25, 0.3) is 0 Å². The van der Waals surface area contributed by atoms with Gasteiger partial charge in [0.05, 0.1) is 13.6 Å². The number of carboxylic acids is 1. The number of rotatable bonds is 22. The van der Waals surface area contributed by atoms with Crippen molar-refractivity contribution in [2.75, 3.05) is 11.9 Å². The van der Waals surface area contributed by atoms with Crippen LogP contribution in [0.1, 0.15) is 128 Å². The third-order valence-electron chi connectivity index (χ3n) is 7.69. The Morgan fingerprint density at radius 3 is 1.71 bits per heavy atom. The first-order chi connectivity index (χ1) is 16.5. The number of hydrogen-bond donors (Lipinski definition) is 2. The molecule has 0 spiro atoms. The Hall–Kier alpha value is -1.29. The highest BCUT2D eigenvalue weighted by Crippen LogP contribution is 2.42. The van der Waals surface area contributed by atoms with Crippen molar-refractivity contribution in [3.8, 4) is 0 Å². The molecule has 1 unspecified atom stereocenters. The molecule has 0 aromatic heterocycles. The maximum atomic E-state index is 10.9. The standard InChI is InChI=1S/C30H55NO2Si/c1-5-17-29(34(24-6-2,25-7-3)26-8-4)18-15-13-11-9-10-12-14-16-23-31-28-21-19-27(20-22-28)30(32)33/h19-22,29,31H,5-18,23-26H2,1-4H3,(H,32,33). The highest BCUT2D eigenvalue weighted by atomic mass is 28.3. The van der Waals surface area contributed by atoms with E-state index in [2.05, 4.69) is 33.0 Å². The van der Waals surface area contributed by atoms with Crippen LogP contribution < -0.4 is 5.32 Å². The van der Waals surface area contributed by atoms with Crippen LogP contribution in [-0.2, 0) is 0 Å². The van der Waals surface area contributed by atoms with E-state index in [9.17, 15) is 4.79 Å². The lowest BCUT2D eigenvalue weighted by molar-refractivity contribution is 0.0697. The summed E-state index contributed by atoms with van der Waals surface area (Å²) < 4.78 is 0. The molecule has 1 aromatic rings. The topological polar surface area (TPSA) is 49.3 Å². The van der Waals surface area contributed by atoms with Gasteiger partial charge in [-0.2, -0.15) is 0 Å². The molecular weight excluding hydrogens is 434 g/mol. The largest absolute Gasteiger partial charge is 0.478 e. The fraction of sp³-hybridized carbons (Fsp3) is 0.767. The summed E-state index contributed by atoms with van der Waals surface area (Å²) in [6, 6.07) is 11.7. The number of unbranched alkanes of at least 4 members (excludes halogenated alkanes) is 7. The predicted octanol–water partition coefficient (Wildman–Crippen LogP) is 10.2. The molecule has 1 aromatic carbocycles. The van der Waals surface area contributed by atoms with Crippen LogP contribution in [0, 0.1) is 0 Å². The molecule has 0 bridgehead atoms. The summed E-state index contributed by atoms with van der Waals surface area (Å²) in [5.74, 6) is -0.869. The van der Waals surface area contributed by atoms with Crippen LogP contribution >= 0.6 is 0 Å². The van der Waals surface area contributed by atoms with Gasteiger partial charge in [-0.25, -0.2) is 4.79 Å². The van der Waals surface area contributed by atoms with Crippen molar-refractivity contribution in [3.05, 3.63) is 29.8 Å². The summed E-state index contributed by atoms with van der Waals surface area (Å²) in [7, 11) is -1.10. The lowest BCUT2D eigenvalue weighted by atomic mass is 10.0. The maximum Gasteiger partial charge on any atom is 0.335 e. The zero-order chi connectivity index (χ0) is 25.1. The highest BCUT2D eigenvalue weighted by Gasteiger charge is 2.37. The van der Waals surface area contributed by atoms with E-state index in [1.807, 2.05) is 12.1 Å². The van der Waals surface area contributed by atoms with E-state index in [-0.39, 0.29) is 0 Å². The molecule has 3 nitrogen and oxygen atoms in total. The average molecular weight is 490 g/mol. The summed E-state index contributed by atoms with van der Waals surface area (Å²) >= 11 is 0. The lowest BCUT2D eigenvalue weighted by Gasteiger charge is -2.40. The number of hydrogen-bond acceptors (Lipinski definition) is 2. The Bertz CT molecular complexity index is 614. The van der Waals surface area contributed by atoms with E-state index < -0.39 is 14.0 Å². The van der Waals surface area contributed by atoms with Crippen molar-refractivity contribution in [1.29, 1.82) is 0 Å². The first kappa shape index (κ1) is 30.7. The second-order valence-corrected chi connectivity index (χ2v) is 15.6. The zero-order valence-corrected chi connectivity index (χ0v) is 24.0.